The number of nitro benzene ring substituents is 1. The van der Waals surface area contributed by atoms with E-state index >= 15 is 0 Å². The normalized spacial score (nSPS) is 10.7. The third-order valence-corrected chi connectivity index (χ3v) is 2.98. The molecule has 110 valence electrons. The van der Waals surface area contributed by atoms with Gasteiger partial charge in [-0.25, -0.2) is 9.97 Å². The minimum Gasteiger partial charge on any atom is -0.366 e. The van der Waals surface area contributed by atoms with Gasteiger partial charge in [0.1, 0.15) is 11.6 Å². The molecule has 0 unspecified atom stereocenters. The lowest BCUT2D eigenvalue weighted by molar-refractivity contribution is -0.384. The van der Waals surface area contributed by atoms with Gasteiger partial charge in [-0.1, -0.05) is 26.0 Å². The molecule has 0 amide bonds. The van der Waals surface area contributed by atoms with Gasteiger partial charge in [-0.05, 0) is 12.5 Å². The van der Waals surface area contributed by atoms with Gasteiger partial charge in [0.2, 0.25) is 0 Å². The molecule has 6 heteroatoms. The smallest absolute Gasteiger partial charge is 0.269 e. The van der Waals surface area contributed by atoms with Crippen LogP contribution in [0, 0.1) is 17.0 Å². The Morgan fingerprint density at radius 3 is 2.71 bits per heavy atom. The lowest BCUT2D eigenvalue weighted by Crippen LogP contribution is -2.06. The van der Waals surface area contributed by atoms with Crippen LogP contribution in [0.3, 0.4) is 0 Å². The average Bonchev–Trinajstić information content (AvgIpc) is 2.45. The largest absolute Gasteiger partial charge is 0.366 e. The van der Waals surface area contributed by atoms with Crippen LogP contribution in [0.25, 0.3) is 0 Å². The lowest BCUT2D eigenvalue weighted by atomic mass is 10.2. The second-order valence-electron chi connectivity index (χ2n) is 5.19. The first-order chi connectivity index (χ1) is 9.95. The molecule has 0 bridgehead atoms. The highest BCUT2D eigenvalue weighted by Crippen LogP contribution is 2.16. The van der Waals surface area contributed by atoms with E-state index in [4.69, 9.17) is 0 Å². The van der Waals surface area contributed by atoms with E-state index in [1.165, 1.54) is 6.07 Å². The Hall–Kier alpha value is -2.50. The second-order valence-corrected chi connectivity index (χ2v) is 5.19. The Labute approximate surface area is 123 Å². The molecule has 1 N–H and O–H groups in total. The van der Waals surface area contributed by atoms with Crippen LogP contribution in [0.5, 0.6) is 0 Å². The summed E-state index contributed by atoms with van der Waals surface area (Å²) in [7, 11) is 0. The van der Waals surface area contributed by atoms with Gasteiger partial charge < -0.3 is 5.32 Å². The molecule has 0 spiro atoms. The molecular formula is C15H18N4O2. The highest BCUT2D eigenvalue weighted by atomic mass is 16.6. The van der Waals surface area contributed by atoms with E-state index in [0.29, 0.717) is 6.54 Å². The number of anilines is 1. The molecule has 0 saturated carbocycles. The first kappa shape index (κ1) is 14.9. The Kier molecular flexibility index (Phi) is 4.47. The van der Waals surface area contributed by atoms with Gasteiger partial charge in [0, 0.05) is 36.4 Å². The molecular weight excluding hydrogens is 268 g/mol. The standard InChI is InChI=1S/C15H18N4O2/c1-10(2)15-17-11(3)7-14(18-15)16-9-12-5-4-6-13(8-12)19(20)21/h4-8,10H,9H2,1-3H3,(H,16,17,18). The Morgan fingerprint density at radius 1 is 1.29 bits per heavy atom. The molecule has 0 fully saturated rings. The fourth-order valence-electron chi connectivity index (χ4n) is 1.91. The van der Waals surface area contributed by atoms with Crippen LogP contribution in [0.1, 0.15) is 36.8 Å². The van der Waals surface area contributed by atoms with Gasteiger partial charge in [0.25, 0.3) is 5.69 Å². The van der Waals surface area contributed by atoms with E-state index in [-0.39, 0.29) is 11.6 Å². The van der Waals surface area contributed by atoms with E-state index in [2.05, 4.69) is 15.3 Å². The SMILES string of the molecule is Cc1cc(NCc2cccc([N+](=O)[O-])c2)nc(C(C)C)n1. The van der Waals surface area contributed by atoms with Crippen LogP contribution < -0.4 is 5.32 Å². The fraction of sp³-hybridized carbons (Fsp3) is 0.333. The van der Waals surface area contributed by atoms with Crippen molar-refractivity contribution in [1.82, 2.24) is 9.97 Å². The number of rotatable bonds is 5. The summed E-state index contributed by atoms with van der Waals surface area (Å²) in [6, 6.07) is 8.43. The summed E-state index contributed by atoms with van der Waals surface area (Å²) in [6.45, 7) is 6.49. The van der Waals surface area contributed by atoms with Crippen molar-refractivity contribution in [3.8, 4) is 0 Å². The molecule has 1 aromatic carbocycles. The summed E-state index contributed by atoms with van der Waals surface area (Å²) in [5.74, 6) is 1.78. The number of nitrogens with one attached hydrogen (secondary N) is 1. The van der Waals surface area contributed by atoms with Crippen molar-refractivity contribution in [3.63, 3.8) is 0 Å². The van der Waals surface area contributed by atoms with Crippen molar-refractivity contribution in [2.75, 3.05) is 5.32 Å². The minimum atomic E-state index is -0.394. The Bertz CT molecular complexity index is 656. The maximum absolute atomic E-state index is 10.8. The number of nitrogens with zero attached hydrogens (tertiary/aromatic N) is 3. The lowest BCUT2D eigenvalue weighted by Gasteiger charge is -2.10. The van der Waals surface area contributed by atoms with Gasteiger partial charge >= 0.3 is 0 Å². The predicted octanol–water partition coefficient (Wildman–Crippen LogP) is 3.43. The first-order valence-corrected chi connectivity index (χ1v) is 6.78. The summed E-state index contributed by atoms with van der Waals surface area (Å²) in [6.07, 6.45) is 0. The van der Waals surface area contributed by atoms with Gasteiger partial charge in [-0.15, -0.1) is 0 Å². The highest BCUT2D eigenvalue weighted by Gasteiger charge is 2.08. The molecule has 0 aliphatic carbocycles. The fourth-order valence-corrected chi connectivity index (χ4v) is 1.91. The van der Waals surface area contributed by atoms with Gasteiger partial charge in [0.15, 0.2) is 0 Å². The molecule has 0 aliphatic heterocycles. The molecule has 6 nitrogen and oxygen atoms in total. The van der Waals surface area contributed by atoms with Crippen LogP contribution in [-0.2, 0) is 6.54 Å². The number of aromatic nitrogens is 2. The maximum atomic E-state index is 10.8. The second kappa shape index (κ2) is 6.30. The van der Waals surface area contributed by atoms with Crippen LogP contribution in [0.2, 0.25) is 0 Å². The number of nitro groups is 1. The molecule has 1 aromatic heterocycles. The zero-order valence-corrected chi connectivity index (χ0v) is 12.3. The van der Waals surface area contributed by atoms with Crippen molar-refractivity contribution in [1.29, 1.82) is 0 Å². The monoisotopic (exact) mass is 286 g/mol. The predicted molar refractivity (Wildman–Crippen MR) is 81.3 cm³/mol. The zero-order chi connectivity index (χ0) is 15.4. The summed E-state index contributed by atoms with van der Waals surface area (Å²) in [4.78, 5) is 19.2. The Morgan fingerprint density at radius 2 is 2.05 bits per heavy atom. The summed E-state index contributed by atoms with van der Waals surface area (Å²) in [5.41, 5.74) is 1.83. The van der Waals surface area contributed by atoms with E-state index < -0.39 is 4.92 Å². The van der Waals surface area contributed by atoms with E-state index in [9.17, 15) is 10.1 Å². The van der Waals surface area contributed by atoms with Crippen LogP contribution >= 0.6 is 0 Å². The number of hydrogen-bond donors (Lipinski definition) is 1. The first-order valence-electron chi connectivity index (χ1n) is 6.78. The number of non-ortho nitro benzene ring substituents is 1. The molecule has 0 atom stereocenters. The van der Waals surface area contributed by atoms with E-state index in [0.717, 1.165) is 22.9 Å². The van der Waals surface area contributed by atoms with Crippen LogP contribution in [-0.4, -0.2) is 14.9 Å². The quantitative estimate of drug-likeness (QED) is 0.672. The molecule has 2 aromatic rings. The molecule has 0 saturated heterocycles. The van der Waals surface area contributed by atoms with Crippen molar-refractivity contribution in [2.24, 2.45) is 0 Å². The minimum absolute atomic E-state index is 0.0936. The molecule has 0 radical (unpaired) electrons. The number of aryl methyl sites for hydroxylation is 1. The summed E-state index contributed by atoms with van der Waals surface area (Å²) < 4.78 is 0. The van der Waals surface area contributed by atoms with Crippen LogP contribution in [0.15, 0.2) is 30.3 Å². The van der Waals surface area contributed by atoms with E-state index in [1.807, 2.05) is 32.9 Å². The molecule has 21 heavy (non-hydrogen) atoms. The molecule has 0 aliphatic rings. The Balaban J connectivity index is 2.13. The zero-order valence-electron chi connectivity index (χ0n) is 12.3. The third-order valence-electron chi connectivity index (χ3n) is 2.98. The van der Waals surface area contributed by atoms with Gasteiger partial charge in [-0.3, -0.25) is 10.1 Å². The summed E-state index contributed by atoms with van der Waals surface area (Å²) in [5, 5.41) is 13.9. The average molecular weight is 286 g/mol. The van der Waals surface area contributed by atoms with Crippen molar-refractivity contribution >= 4 is 11.5 Å². The van der Waals surface area contributed by atoms with E-state index in [1.54, 1.807) is 12.1 Å². The van der Waals surface area contributed by atoms with Gasteiger partial charge in [0.05, 0.1) is 4.92 Å². The third kappa shape index (κ3) is 3.98. The maximum Gasteiger partial charge on any atom is 0.269 e. The van der Waals surface area contributed by atoms with Crippen molar-refractivity contribution in [2.45, 2.75) is 33.2 Å². The van der Waals surface area contributed by atoms with Gasteiger partial charge in [-0.2, -0.15) is 0 Å². The highest BCUT2D eigenvalue weighted by molar-refractivity contribution is 5.40. The molecule has 1 heterocycles. The summed E-state index contributed by atoms with van der Waals surface area (Å²) >= 11 is 0. The number of benzene rings is 1. The van der Waals surface area contributed by atoms with Crippen LogP contribution in [0.4, 0.5) is 11.5 Å². The van der Waals surface area contributed by atoms with Crippen molar-refractivity contribution < 1.29 is 4.92 Å². The topological polar surface area (TPSA) is 81.0 Å². The molecule has 2 rings (SSSR count). The number of hydrogen-bond acceptors (Lipinski definition) is 5. The van der Waals surface area contributed by atoms with Crippen molar-refractivity contribution in [3.05, 3.63) is 57.5 Å².